The van der Waals surface area contributed by atoms with Crippen molar-refractivity contribution >= 4 is 8.38 Å². The molecule has 1 rings (SSSR count). The Balaban J connectivity index is 2.60. The average Bonchev–Trinajstić information content (AvgIpc) is 2.28. The van der Waals surface area contributed by atoms with Crippen LogP contribution in [0.15, 0.2) is 30.3 Å². The summed E-state index contributed by atoms with van der Waals surface area (Å²) < 4.78 is 10.7. The molecule has 0 unspecified atom stereocenters. The Labute approximate surface area is 92.5 Å². The summed E-state index contributed by atoms with van der Waals surface area (Å²) in [4.78, 5) is 0. The lowest BCUT2D eigenvalue weighted by molar-refractivity contribution is 0.278. The summed E-state index contributed by atoms with van der Waals surface area (Å²) >= 11 is 0. The molecule has 80 valence electrons. The lowest BCUT2D eigenvalue weighted by Crippen LogP contribution is -1.87. The van der Waals surface area contributed by atoms with E-state index in [2.05, 4.69) is 11.6 Å². The van der Waals surface area contributed by atoms with Crippen LogP contribution >= 0.6 is 8.38 Å². The highest BCUT2D eigenvalue weighted by molar-refractivity contribution is 7.52. The Hall–Kier alpha value is -0.870. The third-order valence-electron chi connectivity index (χ3n) is 1.56. The fourth-order valence-corrected chi connectivity index (χ4v) is 1.86. The van der Waals surface area contributed by atoms with E-state index in [0.29, 0.717) is 13.2 Å². The van der Waals surface area contributed by atoms with Gasteiger partial charge in [0.25, 0.3) is 8.38 Å². The Kier molecular flexibility index (Phi) is 6.04. The highest BCUT2D eigenvalue weighted by Crippen LogP contribution is 2.36. The monoisotopic (exact) mass is 222 g/mol. The van der Waals surface area contributed by atoms with Crippen LogP contribution in [0.2, 0.25) is 0 Å². The van der Waals surface area contributed by atoms with Gasteiger partial charge in [-0.25, -0.2) is 0 Å². The van der Waals surface area contributed by atoms with Gasteiger partial charge in [-0.2, -0.15) is 0 Å². The molecule has 0 heterocycles. The van der Waals surface area contributed by atoms with Crippen LogP contribution in [0.25, 0.3) is 0 Å². The van der Waals surface area contributed by atoms with Crippen molar-refractivity contribution in [1.82, 2.24) is 0 Å². The maximum Gasteiger partial charge on any atom is 0.257 e. The molecule has 0 aromatic heterocycles. The van der Waals surface area contributed by atoms with Crippen molar-refractivity contribution in [1.29, 1.82) is 0 Å². The van der Waals surface area contributed by atoms with Crippen LogP contribution in [0.3, 0.4) is 0 Å². The standard InChI is InChI=1S/C12H15O2P/c1-3-13-15(14-4-2)11-10-12-8-6-5-7-9-12/h5-9H,3-4H2,1-2H3. The second kappa shape index (κ2) is 7.43. The lowest BCUT2D eigenvalue weighted by atomic mass is 10.2. The first-order valence-corrected chi connectivity index (χ1v) is 6.17. The Morgan fingerprint density at radius 2 is 1.67 bits per heavy atom. The highest BCUT2D eigenvalue weighted by Gasteiger charge is 2.03. The van der Waals surface area contributed by atoms with Gasteiger partial charge in [-0.1, -0.05) is 24.1 Å². The van der Waals surface area contributed by atoms with Crippen molar-refractivity contribution in [2.45, 2.75) is 13.8 Å². The quantitative estimate of drug-likeness (QED) is 0.574. The predicted molar refractivity (Wildman–Crippen MR) is 63.5 cm³/mol. The summed E-state index contributed by atoms with van der Waals surface area (Å²) in [5.74, 6) is 3.04. The van der Waals surface area contributed by atoms with Crippen LogP contribution in [0, 0.1) is 11.6 Å². The first kappa shape index (κ1) is 12.2. The summed E-state index contributed by atoms with van der Waals surface area (Å²) in [5.41, 5.74) is 4.00. The van der Waals surface area contributed by atoms with Crippen molar-refractivity contribution in [2.24, 2.45) is 0 Å². The zero-order valence-electron chi connectivity index (χ0n) is 9.06. The Morgan fingerprint density at radius 3 is 2.20 bits per heavy atom. The number of rotatable bonds is 4. The third kappa shape index (κ3) is 4.95. The fourth-order valence-electron chi connectivity index (χ4n) is 0.968. The van der Waals surface area contributed by atoms with Crippen LogP contribution in [0.1, 0.15) is 19.4 Å². The first-order chi connectivity index (χ1) is 7.36. The molecule has 0 N–H and O–H groups in total. The molecule has 2 nitrogen and oxygen atoms in total. The molecule has 0 atom stereocenters. The van der Waals surface area contributed by atoms with Gasteiger partial charge in [-0.15, -0.1) is 0 Å². The number of hydrogen-bond donors (Lipinski definition) is 0. The minimum atomic E-state index is -1.05. The van der Waals surface area contributed by atoms with Crippen LogP contribution in [-0.4, -0.2) is 13.2 Å². The SMILES string of the molecule is CCOP(C#Cc1ccccc1)OCC. The fraction of sp³-hybridized carbons (Fsp3) is 0.333. The van der Waals surface area contributed by atoms with Gasteiger partial charge in [-0.3, -0.25) is 0 Å². The molecule has 15 heavy (non-hydrogen) atoms. The molecule has 0 fully saturated rings. The van der Waals surface area contributed by atoms with Gasteiger partial charge in [-0.05, 0) is 31.6 Å². The molecule has 0 aliphatic rings. The molecular weight excluding hydrogens is 207 g/mol. The molecule has 0 amide bonds. The first-order valence-electron chi connectivity index (χ1n) is 4.99. The maximum atomic E-state index is 5.37. The molecule has 0 saturated heterocycles. The Bertz CT molecular complexity index is 320. The van der Waals surface area contributed by atoms with Gasteiger partial charge in [0, 0.05) is 5.56 Å². The summed E-state index contributed by atoms with van der Waals surface area (Å²) in [6.45, 7) is 5.15. The van der Waals surface area contributed by atoms with Crippen molar-refractivity contribution in [3.63, 3.8) is 0 Å². The van der Waals surface area contributed by atoms with E-state index in [9.17, 15) is 0 Å². The van der Waals surface area contributed by atoms with Gasteiger partial charge in [0.1, 0.15) is 0 Å². The molecule has 1 aromatic rings. The van der Waals surface area contributed by atoms with Crippen LogP contribution in [0.4, 0.5) is 0 Å². The zero-order chi connectivity index (χ0) is 10.9. The summed E-state index contributed by atoms with van der Waals surface area (Å²) in [6.07, 6.45) is 0. The summed E-state index contributed by atoms with van der Waals surface area (Å²) in [6, 6.07) is 9.84. The highest BCUT2D eigenvalue weighted by atomic mass is 31.2. The van der Waals surface area contributed by atoms with E-state index in [1.54, 1.807) is 0 Å². The van der Waals surface area contributed by atoms with E-state index in [1.807, 2.05) is 44.2 Å². The molecule has 0 saturated carbocycles. The van der Waals surface area contributed by atoms with E-state index >= 15 is 0 Å². The molecular formula is C12H15O2P. The molecule has 0 spiro atoms. The smallest absolute Gasteiger partial charge is 0.257 e. The average molecular weight is 222 g/mol. The van der Waals surface area contributed by atoms with Gasteiger partial charge in [0.15, 0.2) is 0 Å². The van der Waals surface area contributed by atoms with Crippen molar-refractivity contribution in [3.8, 4) is 11.6 Å². The molecule has 1 aromatic carbocycles. The van der Waals surface area contributed by atoms with Crippen molar-refractivity contribution < 1.29 is 9.05 Å². The van der Waals surface area contributed by atoms with Gasteiger partial charge < -0.3 is 9.05 Å². The largest absolute Gasteiger partial charge is 0.325 e. The normalized spacial score (nSPS) is 9.80. The number of hydrogen-bond acceptors (Lipinski definition) is 2. The topological polar surface area (TPSA) is 18.5 Å². The summed E-state index contributed by atoms with van der Waals surface area (Å²) in [5, 5.41) is 0. The minimum Gasteiger partial charge on any atom is -0.325 e. The van der Waals surface area contributed by atoms with Gasteiger partial charge >= 0.3 is 0 Å². The number of benzene rings is 1. The Morgan fingerprint density at radius 1 is 1.07 bits per heavy atom. The van der Waals surface area contributed by atoms with Crippen LogP contribution in [0.5, 0.6) is 0 Å². The van der Waals surface area contributed by atoms with E-state index in [4.69, 9.17) is 9.05 Å². The van der Waals surface area contributed by atoms with E-state index in [1.165, 1.54) is 0 Å². The second-order valence-electron chi connectivity index (χ2n) is 2.70. The molecule has 0 radical (unpaired) electrons. The second-order valence-corrected chi connectivity index (χ2v) is 3.95. The van der Waals surface area contributed by atoms with Gasteiger partial charge in [0.05, 0.1) is 13.2 Å². The van der Waals surface area contributed by atoms with E-state index in [-0.39, 0.29) is 0 Å². The molecule has 0 aliphatic carbocycles. The van der Waals surface area contributed by atoms with Gasteiger partial charge in [0.2, 0.25) is 0 Å². The minimum absolute atomic E-state index is 0.634. The van der Waals surface area contributed by atoms with Crippen molar-refractivity contribution in [3.05, 3.63) is 35.9 Å². The van der Waals surface area contributed by atoms with E-state index in [0.717, 1.165) is 5.56 Å². The lowest BCUT2D eigenvalue weighted by Gasteiger charge is -2.07. The molecule has 0 aliphatic heterocycles. The molecule has 3 heteroatoms. The molecule has 0 bridgehead atoms. The van der Waals surface area contributed by atoms with Crippen LogP contribution < -0.4 is 0 Å². The predicted octanol–water partition coefficient (Wildman–Crippen LogP) is 3.38. The van der Waals surface area contributed by atoms with E-state index < -0.39 is 8.38 Å². The maximum absolute atomic E-state index is 5.37. The zero-order valence-corrected chi connectivity index (χ0v) is 9.96. The van der Waals surface area contributed by atoms with Crippen molar-refractivity contribution in [2.75, 3.05) is 13.2 Å². The third-order valence-corrected chi connectivity index (χ3v) is 2.84. The van der Waals surface area contributed by atoms with Crippen LogP contribution in [-0.2, 0) is 9.05 Å². The summed E-state index contributed by atoms with van der Waals surface area (Å²) in [7, 11) is -1.05.